The second kappa shape index (κ2) is 5.82. The highest BCUT2D eigenvalue weighted by Gasteiger charge is 2.30. The van der Waals surface area contributed by atoms with E-state index in [1.807, 2.05) is 11.8 Å². The monoisotopic (exact) mass is 396 g/mol. The summed E-state index contributed by atoms with van der Waals surface area (Å²) in [5, 5.41) is 14.0. The molecule has 0 aromatic heterocycles. The van der Waals surface area contributed by atoms with E-state index in [1.54, 1.807) is 22.6 Å². The van der Waals surface area contributed by atoms with Crippen molar-refractivity contribution in [1.29, 1.82) is 0 Å². The van der Waals surface area contributed by atoms with Crippen LogP contribution in [0.3, 0.4) is 0 Å². The number of rotatable bonds is 4. The highest BCUT2D eigenvalue weighted by molar-refractivity contribution is 14.1. The molecule has 0 bridgehead atoms. The van der Waals surface area contributed by atoms with Gasteiger partial charge in [-0.05, 0) is 48.1 Å². The summed E-state index contributed by atoms with van der Waals surface area (Å²) in [4.78, 5) is 10.5. The van der Waals surface area contributed by atoms with Gasteiger partial charge in [-0.15, -0.1) is 0 Å². The number of anilines is 1. The number of nitro groups is 1. The minimum Gasteiger partial charge on any atom is -0.378 e. The van der Waals surface area contributed by atoms with Gasteiger partial charge >= 0.3 is 0 Å². The second-order valence-corrected chi connectivity index (χ2v) is 7.64. The lowest BCUT2D eigenvalue weighted by atomic mass is 10.1. The fourth-order valence-electron chi connectivity index (χ4n) is 2.09. The average molecular weight is 396 g/mol. The van der Waals surface area contributed by atoms with Crippen LogP contribution in [0.1, 0.15) is 19.8 Å². The number of nitrogens with one attached hydrogen (secondary N) is 1. The maximum absolute atomic E-state index is 13.5. The summed E-state index contributed by atoms with van der Waals surface area (Å²) in [6.45, 7) is 2.74. The Hall–Kier alpha value is -0.570. The van der Waals surface area contributed by atoms with E-state index in [0.29, 0.717) is 6.54 Å². The third kappa shape index (κ3) is 3.50. The predicted molar refractivity (Wildman–Crippen MR) is 84.4 cm³/mol. The van der Waals surface area contributed by atoms with Crippen molar-refractivity contribution >= 4 is 45.7 Å². The number of nitrogens with zero attached hydrogens (tertiary/aromatic N) is 1. The first-order valence-corrected chi connectivity index (χ1v) is 7.99. The molecule has 1 unspecified atom stereocenters. The summed E-state index contributed by atoms with van der Waals surface area (Å²) in [5.74, 6) is 0.680. The average Bonchev–Trinajstić information content (AvgIpc) is 2.77. The van der Waals surface area contributed by atoms with Crippen LogP contribution in [0.4, 0.5) is 15.8 Å². The Labute approximate surface area is 128 Å². The first-order chi connectivity index (χ1) is 8.91. The maximum atomic E-state index is 13.5. The fourth-order valence-corrected chi connectivity index (χ4v) is 3.78. The Morgan fingerprint density at radius 2 is 2.37 bits per heavy atom. The summed E-state index contributed by atoms with van der Waals surface area (Å²) in [5.41, 5.74) is 0.189. The van der Waals surface area contributed by atoms with Gasteiger partial charge in [0.25, 0.3) is 5.69 Å². The van der Waals surface area contributed by atoms with Gasteiger partial charge in [0.2, 0.25) is 0 Å². The van der Waals surface area contributed by atoms with Crippen LogP contribution in [0.2, 0.25) is 0 Å². The van der Waals surface area contributed by atoms with Gasteiger partial charge < -0.3 is 5.32 Å². The van der Waals surface area contributed by atoms with E-state index in [9.17, 15) is 14.5 Å². The first-order valence-electron chi connectivity index (χ1n) is 5.92. The van der Waals surface area contributed by atoms with Crippen molar-refractivity contribution in [2.75, 3.05) is 17.6 Å². The van der Waals surface area contributed by atoms with Crippen LogP contribution in [0.25, 0.3) is 0 Å². The molecule has 0 saturated carbocycles. The fraction of sp³-hybridized carbons (Fsp3) is 0.500. The molecule has 0 spiro atoms. The summed E-state index contributed by atoms with van der Waals surface area (Å²) >= 11 is 3.62. The van der Waals surface area contributed by atoms with Crippen molar-refractivity contribution in [1.82, 2.24) is 0 Å². The summed E-state index contributed by atoms with van der Waals surface area (Å²) in [6.07, 6.45) is 2.23. The van der Waals surface area contributed by atoms with Crippen molar-refractivity contribution in [2.45, 2.75) is 24.5 Å². The maximum Gasteiger partial charge on any atom is 0.293 e. The Morgan fingerprint density at radius 3 is 2.95 bits per heavy atom. The molecule has 1 fully saturated rings. The number of thioether (sulfide) groups is 1. The molecule has 1 heterocycles. The molecule has 2 rings (SSSR count). The molecule has 1 aliphatic heterocycles. The molecule has 0 radical (unpaired) electrons. The van der Waals surface area contributed by atoms with Gasteiger partial charge in [0.1, 0.15) is 11.5 Å². The molecule has 4 nitrogen and oxygen atoms in total. The molecule has 0 aliphatic carbocycles. The molecule has 1 atom stereocenters. The van der Waals surface area contributed by atoms with Crippen LogP contribution in [-0.2, 0) is 0 Å². The van der Waals surface area contributed by atoms with Crippen LogP contribution in [0, 0.1) is 19.5 Å². The van der Waals surface area contributed by atoms with Crippen molar-refractivity contribution in [3.63, 3.8) is 0 Å². The Morgan fingerprint density at radius 1 is 1.63 bits per heavy atom. The highest BCUT2D eigenvalue weighted by Crippen LogP contribution is 2.38. The number of benzene rings is 1. The summed E-state index contributed by atoms with van der Waals surface area (Å²) in [7, 11) is 0. The van der Waals surface area contributed by atoms with Gasteiger partial charge in [-0.3, -0.25) is 10.1 Å². The van der Waals surface area contributed by atoms with Crippen LogP contribution in [0.5, 0.6) is 0 Å². The number of nitro benzene ring substituents is 1. The Balaban J connectivity index is 2.19. The van der Waals surface area contributed by atoms with Crippen molar-refractivity contribution < 1.29 is 9.31 Å². The molecule has 104 valence electrons. The topological polar surface area (TPSA) is 55.2 Å². The van der Waals surface area contributed by atoms with Crippen LogP contribution >= 0.6 is 34.4 Å². The van der Waals surface area contributed by atoms with Crippen LogP contribution in [-0.4, -0.2) is 22.0 Å². The predicted octanol–water partition coefficient (Wildman–Crippen LogP) is 4.04. The molecule has 1 saturated heterocycles. The van der Waals surface area contributed by atoms with Gasteiger partial charge in [0, 0.05) is 23.4 Å². The molecule has 7 heteroatoms. The smallest absolute Gasteiger partial charge is 0.293 e. The second-order valence-electron chi connectivity index (χ2n) is 4.80. The van der Waals surface area contributed by atoms with E-state index in [0.717, 1.165) is 18.6 Å². The van der Waals surface area contributed by atoms with Crippen LogP contribution in [0.15, 0.2) is 12.1 Å². The lowest BCUT2D eigenvalue weighted by molar-refractivity contribution is -0.384. The Bertz CT molecular complexity index is 507. The van der Waals surface area contributed by atoms with Gasteiger partial charge in [0.05, 0.1) is 8.49 Å². The normalized spacial score (nSPS) is 22.5. The number of hydrogen-bond donors (Lipinski definition) is 1. The highest BCUT2D eigenvalue weighted by atomic mass is 127. The summed E-state index contributed by atoms with van der Waals surface area (Å²) < 4.78 is 13.9. The standard InChI is InChI=1S/C12H14FIN2O2S/c1-12(3-2-4-19-12)7-15-10-5-8(13)9(14)6-11(10)16(17)18/h5-6,15H,2-4,7H2,1H3. The van der Waals surface area contributed by atoms with E-state index in [-0.39, 0.29) is 19.7 Å². The van der Waals surface area contributed by atoms with E-state index in [1.165, 1.54) is 12.1 Å². The van der Waals surface area contributed by atoms with E-state index >= 15 is 0 Å². The molecular formula is C12H14FIN2O2S. The van der Waals surface area contributed by atoms with E-state index < -0.39 is 10.7 Å². The minimum absolute atomic E-state index is 0.0719. The van der Waals surface area contributed by atoms with Crippen LogP contribution < -0.4 is 5.32 Å². The Kier molecular flexibility index (Phi) is 4.54. The molecule has 1 aromatic rings. The lowest BCUT2D eigenvalue weighted by Gasteiger charge is -2.23. The van der Waals surface area contributed by atoms with Gasteiger partial charge in [-0.2, -0.15) is 11.8 Å². The first kappa shape index (κ1) is 14.8. The molecule has 19 heavy (non-hydrogen) atoms. The molecule has 0 amide bonds. The quantitative estimate of drug-likeness (QED) is 0.474. The molecule has 1 aliphatic rings. The minimum atomic E-state index is -0.478. The molecular weight excluding hydrogens is 382 g/mol. The van der Waals surface area contributed by atoms with Gasteiger partial charge in [-0.25, -0.2) is 4.39 Å². The number of halogens is 2. The zero-order valence-corrected chi connectivity index (χ0v) is 13.4. The van der Waals surface area contributed by atoms with E-state index in [4.69, 9.17) is 0 Å². The third-order valence-corrected chi connectivity index (χ3v) is 5.55. The van der Waals surface area contributed by atoms with Crippen molar-refractivity contribution in [3.05, 3.63) is 31.6 Å². The zero-order chi connectivity index (χ0) is 14.0. The van der Waals surface area contributed by atoms with Gasteiger partial charge in [0.15, 0.2) is 0 Å². The van der Waals surface area contributed by atoms with E-state index in [2.05, 4.69) is 12.2 Å². The van der Waals surface area contributed by atoms with Crippen molar-refractivity contribution in [3.8, 4) is 0 Å². The zero-order valence-electron chi connectivity index (χ0n) is 10.4. The van der Waals surface area contributed by atoms with Crippen molar-refractivity contribution in [2.24, 2.45) is 0 Å². The molecule has 1 N–H and O–H groups in total. The molecule has 1 aromatic carbocycles. The number of hydrogen-bond acceptors (Lipinski definition) is 4. The largest absolute Gasteiger partial charge is 0.378 e. The SMILES string of the molecule is CC1(CNc2cc(F)c(I)cc2[N+](=O)[O-])CCCS1. The van der Waals surface area contributed by atoms with Gasteiger partial charge in [-0.1, -0.05) is 0 Å². The summed E-state index contributed by atoms with van der Waals surface area (Å²) in [6, 6.07) is 2.48. The lowest BCUT2D eigenvalue weighted by Crippen LogP contribution is -2.27. The third-order valence-electron chi connectivity index (χ3n) is 3.19.